The number of ether oxygens (including phenoxy) is 2. The van der Waals surface area contributed by atoms with Crippen LogP contribution in [0.2, 0.25) is 0 Å². The molecule has 0 aliphatic heterocycles. The lowest BCUT2D eigenvalue weighted by Gasteiger charge is -2.28. The van der Waals surface area contributed by atoms with Gasteiger partial charge in [-0.25, -0.2) is 13.6 Å². The summed E-state index contributed by atoms with van der Waals surface area (Å²) in [6.45, 7) is 1.86. The first kappa shape index (κ1) is 22.0. The van der Waals surface area contributed by atoms with Gasteiger partial charge < -0.3 is 19.8 Å². The second-order valence-electron chi connectivity index (χ2n) is 8.51. The second-order valence-corrected chi connectivity index (χ2v) is 9.60. The van der Waals surface area contributed by atoms with Gasteiger partial charge in [0.05, 0.1) is 24.6 Å². The van der Waals surface area contributed by atoms with E-state index < -0.39 is 23.4 Å². The Morgan fingerprint density at radius 2 is 2.09 bits per heavy atom. The zero-order valence-corrected chi connectivity index (χ0v) is 19.1. The lowest BCUT2D eigenvalue weighted by atomic mass is 9.91. The number of thiophene rings is 1. The molecule has 6 nitrogen and oxygen atoms in total. The first-order chi connectivity index (χ1) is 15.8. The highest BCUT2D eigenvalue weighted by molar-refractivity contribution is 7.15. The number of carbonyl (C=O) groups excluding carboxylic acids is 1. The van der Waals surface area contributed by atoms with Crippen molar-refractivity contribution >= 4 is 28.2 Å². The minimum Gasteiger partial charge on any atom is -0.494 e. The Bertz CT molecular complexity index is 1330. The molecule has 1 atom stereocenters. The standard InChI is InChI=1S/C24H24F2N2O4S/c1-3-32-23(30)16-11-28(13-4-5-13)18-15(19(16)29)7-6-14(20(18)31-2)17-10-12-8-9-24(25,26)22(27)21(12)33-17/h6-7,10-11,13,22H,3-5,8-9,27H2,1-2H3. The predicted octanol–water partition coefficient (Wildman–Crippen LogP) is 4.83. The second kappa shape index (κ2) is 7.92. The van der Waals surface area contributed by atoms with Crippen molar-refractivity contribution in [3.63, 3.8) is 0 Å². The Kier molecular flexibility index (Phi) is 5.29. The van der Waals surface area contributed by atoms with Crippen molar-refractivity contribution in [1.82, 2.24) is 4.57 Å². The average molecular weight is 475 g/mol. The van der Waals surface area contributed by atoms with E-state index >= 15 is 0 Å². The number of carbonyl (C=O) groups is 1. The van der Waals surface area contributed by atoms with E-state index in [0.29, 0.717) is 27.1 Å². The molecule has 1 unspecified atom stereocenters. The molecule has 3 aromatic rings. The number of esters is 1. The van der Waals surface area contributed by atoms with Gasteiger partial charge in [0, 0.05) is 34.0 Å². The van der Waals surface area contributed by atoms with Gasteiger partial charge in [0.2, 0.25) is 5.43 Å². The number of fused-ring (bicyclic) bond motifs is 2. The molecule has 0 saturated heterocycles. The van der Waals surface area contributed by atoms with Crippen LogP contribution in [-0.4, -0.2) is 30.2 Å². The van der Waals surface area contributed by atoms with Crippen LogP contribution in [0.3, 0.4) is 0 Å². The van der Waals surface area contributed by atoms with Gasteiger partial charge in [0.1, 0.15) is 11.6 Å². The lowest BCUT2D eigenvalue weighted by molar-refractivity contribution is -0.0385. The minimum absolute atomic E-state index is 0.00848. The molecule has 0 radical (unpaired) electrons. The smallest absolute Gasteiger partial charge is 0.343 e. The molecule has 2 N–H and O–H groups in total. The maximum atomic E-state index is 14.2. The number of aromatic nitrogens is 1. The Hall–Kier alpha value is -2.78. The molecular weight excluding hydrogens is 450 g/mol. The van der Waals surface area contributed by atoms with Crippen LogP contribution in [0.25, 0.3) is 21.3 Å². The molecule has 2 aliphatic carbocycles. The minimum atomic E-state index is -2.93. The molecule has 33 heavy (non-hydrogen) atoms. The van der Waals surface area contributed by atoms with E-state index in [0.717, 1.165) is 23.3 Å². The van der Waals surface area contributed by atoms with Gasteiger partial charge in [-0.05, 0) is 49.9 Å². The van der Waals surface area contributed by atoms with Crippen LogP contribution in [0.4, 0.5) is 8.78 Å². The van der Waals surface area contributed by atoms with Crippen molar-refractivity contribution in [2.75, 3.05) is 13.7 Å². The van der Waals surface area contributed by atoms with E-state index in [1.165, 1.54) is 18.4 Å². The summed E-state index contributed by atoms with van der Waals surface area (Å²) in [7, 11) is 1.52. The number of rotatable bonds is 5. The summed E-state index contributed by atoms with van der Waals surface area (Å²) in [6, 6.07) is 4.13. The van der Waals surface area contributed by atoms with E-state index in [1.807, 2.05) is 10.6 Å². The number of pyridine rings is 1. The van der Waals surface area contributed by atoms with E-state index in [4.69, 9.17) is 15.2 Å². The van der Waals surface area contributed by atoms with Gasteiger partial charge in [-0.3, -0.25) is 4.79 Å². The van der Waals surface area contributed by atoms with Crippen LogP contribution in [-0.2, 0) is 11.2 Å². The Morgan fingerprint density at radius 3 is 2.76 bits per heavy atom. The number of aryl methyl sites for hydroxylation is 1. The average Bonchev–Trinajstić information content (AvgIpc) is 3.54. The Morgan fingerprint density at radius 1 is 1.33 bits per heavy atom. The SMILES string of the molecule is CCOC(=O)c1cn(C2CC2)c2c(OC)c(-c3cc4c(s3)C(N)C(F)(F)CC4)ccc2c1=O. The summed E-state index contributed by atoms with van der Waals surface area (Å²) >= 11 is 1.24. The molecule has 2 heterocycles. The molecule has 174 valence electrons. The molecule has 2 aromatic heterocycles. The monoisotopic (exact) mass is 474 g/mol. The highest BCUT2D eigenvalue weighted by atomic mass is 32.1. The number of nitrogens with zero attached hydrogens (tertiary/aromatic N) is 1. The summed E-state index contributed by atoms with van der Waals surface area (Å²) in [4.78, 5) is 26.8. The van der Waals surface area contributed by atoms with Crippen LogP contribution in [0, 0.1) is 0 Å². The number of hydrogen-bond acceptors (Lipinski definition) is 6. The number of methoxy groups -OCH3 is 1. The number of hydrogen-bond donors (Lipinski definition) is 1. The molecule has 0 amide bonds. The maximum Gasteiger partial charge on any atom is 0.343 e. The van der Waals surface area contributed by atoms with E-state index in [9.17, 15) is 18.4 Å². The summed E-state index contributed by atoms with van der Waals surface area (Å²) in [5.74, 6) is -3.10. The fourth-order valence-corrected chi connectivity index (χ4v) is 5.80. The number of halogens is 2. The van der Waals surface area contributed by atoms with E-state index in [2.05, 4.69) is 0 Å². The summed E-state index contributed by atoms with van der Waals surface area (Å²) in [5.41, 5.74) is 7.58. The fraction of sp³-hybridized carbons (Fsp3) is 0.417. The van der Waals surface area contributed by atoms with Crippen LogP contribution in [0.5, 0.6) is 5.75 Å². The molecular formula is C24H24F2N2O4S. The van der Waals surface area contributed by atoms with Crippen LogP contribution in [0.15, 0.2) is 29.2 Å². The molecule has 9 heteroatoms. The zero-order valence-electron chi connectivity index (χ0n) is 18.3. The van der Waals surface area contributed by atoms with Crippen LogP contribution < -0.4 is 15.9 Å². The van der Waals surface area contributed by atoms with Crippen molar-refractivity contribution in [1.29, 1.82) is 0 Å². The summed E-state index contributed by atoms with van der Waals surface area (Å²) in [6.07, 6.45) is 3.39. The molecule has 0 spiro atoms. The molecule has 2 aliphatic rings. The van der Waals surface area contributed by atoms with Crippen molar-refractivity contribution in [2.24, 2.45) is 5.73 Å². The van der Waals surface area contributed by atoms with Gasteiger partial charge in [0.15, 0.2) is 5.75 Å². The van der Waals surface area contributed by atoms with Gasteiger partial charge in [0.25, 0.3) is 5.92 Å². The molecule has 1 saturated carbocycles. The van der Waals surface area contributed by atoms with Crippen molar-refractivity contribution in [2.45, 2.75) is 50.6 Å². The van der Waals surface area contributed by atoms with Crippen molar-refractivity contribution < 1.29 is 23.0 Å². The highest BCUT2D eigenvalue weighted by Crippen LogP contribution is 2.49. The normalized spacial score (nSPS) is 19.4. The quantitative estimate of drug-likeness (QED) is 0.536. The summed E-state index contributed by atoms with van der Waals surface area (Å²) in [5, 5.41) is 0.359. The first-order valence-electron chi connectivity index (χ1n) is 11.0. The Labute approximate surface area is 192 Å². The molecule has 1 fully saturated rings. The molecule has 5 rings (SSSR count). The number of alkyl halides is 2. The third kappa shape index (κ3) is 3.54. The van der Waals surface area contributed by atoms with Gasteiger partial charge in [-0.2, -0.15) is 0 Å². The van der Waals surface area contributed by atoms with Crippen molar-refractivity contribution in [3.05, 3.63) is 50.6 Å². The third-order valence-corrected chi connectivity index (χ3v) is 7.65. The van der Waals surface area contributed by atoms with Gasteiger partial charge >= 0.3 is 5.97 Å². The third-order valence-electron chi connectivity index (χ3n) is 6.36. The van der Waals surface area contributed by atoms with Gasteiger partial charge in [-0.15, -0.1) is 11.3 Å². The number of nitrogens with two attached hydrogens (primary N) is 1. The molecule has 0 bridgehead atoms. The topological polar surface area (TPSA) is 83.6 Å². The maximum absolute atomic E-state index is 14.2. The predicted molar refractivity (Wildman–Crippen MR) is 122 cm³/mol. The van der Waals surface area contributed by atoms with E-state index in [1.54, 1.807) is 25.3 Å². The lowest BCUT2D eigenvalue weighted by Crippen LogP contribution is -2.36. The van der Waals surface area contributed by atoms with Crippen molar-refractivity contribution in [3.8, 4) is 16.2 Å². The highest BCUT2D eigenvalue weighted by Gasteiger charge is 2.43. The van der Waals surface area contributed by atoms with Gasteiger partial charge in [-0.1, -0.05) is 0 Å². The zero-order chi connectivity index (χ0) is 23.5. The van der Waals surface area contributed by atoms with Crippen LogP contribution >= 0.6 is 11.3 Å². The first-order valence-corrected chi connectivity index (χ1v) is 11.8. The van der Waals surface area contributed by atoms with Crippen LogP contribution in [0.1, 0.15) is 59.1 Å². The number of benzene rings is 1. The fourth-order valence-electron chi connectivity index (χ4n) is 4.50. The summed E-state index contributed by atoms with van der Waals surface area (Å²) < 4.78 is 41.1. The Balaban J connectivity index is 1.72. The molecule has 1 aromatic carbocycles. The largest absolute Gasteiger partial charge is 0.494 e. The van der Waals surface area contributed by atoms with E-state index in [-0.39, 0.29) is 31.1 Å².